The molecular formula is C18H22F6O2. The van der Waals surface area contributed by atoms with Crippen LogP contribution in [0.15, 0.2) is 11.6 Å². The van der Waals surface area contributed by atoms with Crippen LogP contribution in [0.1, 0.15) is 46.0 Å². The number of aliphatic hydroxyl groups excluding tert-OH is 1. The molecule has 8 heteroatoms. The lowest BCUT2D eigenvalue weighted by Crippen LogP contribution is -2.55. The largest absolute Gasteiger partial charge is 0.438 e. The third-order valence-electron chi connectivity index (χ3n) is 5.76. The molecule has 0 aromatic carbocycles. The minimum Gasteiger partial charge on any atom is -0.393 e. The SMILES string of the molecule is CC(CC#CC(O)(C(F)(F)F)C(F)(F)F)C1=CCC2C(O)CCCC12C. The van der Waals surface area contributed by atoms with Crippen LogP contribution in [0.5, 0.6) is 0 Å². The highest BCUT2D eigenvalue weighted by atomic mass is 19.4. The van der Waals surface area contributed by atoms with Gasteiger partial charge in [-0.15, -0.1) is 0 Å². The number of aliphatic hydroxyl groups is 2. The Morgan fingerprint density at radius 1 is 1.23 bits per heavy atom. The lowest BCUT2D eigenvalue weighted by atomic mass is 9.63. The van der Waals surface area contributed by atoms with Crippen molar-refractivity contribution in [3.63, 3.8) is 0 Å². The Bertz CT molecular complexity index is 610. The molecule has 26 heavy (non-hydrogen) atoms. The van der Waals surface area contributed by atoms with Crippen LogP contribution in [0.3, 0.4) is 0 Å². The first-order valence-electron chi connectivity index (χ1n) is 8.48. The summed E-state index contributed by atoms with van der Waals surface area (Å²) in [6, 6.07) is 0. The van der Waals surface area contributed by atoms with Gasteiger partial charge in [-0.1, -0.05) is 31.4 Å². The van der Waals surface area contributed by atoms with Crippen molar-refractivity contribution in [1.29, 1.82) is 0 Å². The van der Waals surface area contributed by atoms with Crippen LogP contribution in [-0.4, -0.2) is 34.3 Å². The Labute approximate surface area is 148 Å². The van der Waals surface area contributed by atoms with E-state index in [1.54, 1.807) is 6.92 Å². The van der Waals surface area contributed by atoms with Crippen LogP contribution in [0.25, 0.3) is 0 Å². The molecule has 148 valence electrons. The summed E-state index contributed by atoms with van der Waals surface area (Å²) in [5.74, 6) is 2.55. The van der Waals surface area contributed by atoms with E-state index in [0.717, 1.165) is 24.3 Å². The fourth-order valence-corrected chi connectivity index (χ4v) is 4.26. The molecule has 0 saturated heterocycles. The van der Waals surface area contributed by atoms with Crippen molar-refractivity contribution in [2.75, 3.05) is 0 Å². The zero-order valence-electron chi connectivity index (χ0n) is 14.5. The van der Waals surface area contributed by atoms with Gasteiger partial charge < -0.3 is 10.2 Å². The normalized spacial score (nSPS) is 30.9. The third-order valence-corrected chi connectivity index (χ3v) is 5.76. The summed E-state index contributed by atoms with van der Waals surface area (Å²) in [6.07, 6.45) is -7.68. The summed E-state index contributed by atoms with van der Waals surface area (Å²) in [5, 5.41) is 19.2. The Kier molecular flexibility index (Phi) is 5.48. The highest BCUT2D eigenvalue weighted by molar-refractivity contribution is 5.28. The first-order valence-corrected chi connectivity index (χ1v) is 8.48. The standard InChI is InChI=1S/C18H22F6O2/c1-11(5-3-10-16(26,17(19,20)21)18(22,23)24)12-7-8-13-14(25)6-4-9-15(12,13)2/h7,11,13-14,25-26H,4-6,8-9H2,1-2H3. The molecule has 0 bridgehead atoms. The predicted molar refractivity (Wildman–Crippen MR) is 82.8 cm³/mol. The average Bonchev–Trinajstić information content (AvgIpc) is 2.83. The van der Waals surface area contributed by atoms with Gasteiger partial charge in [0.25, 0.3) is 0 Å². The van der Waals surface area contributed by atoms with Gasteiger partial charge in [0.05, 0.1) is 6.10 Å². The molecule has 2 aliphatic carbocycles. The van der Waals surface area contributed by atoms with E-state index in [1.165, 1.54) is 0 Å². The van der Waals surface area contributed by atoms with Crippen LogP contribution in [-0.2, 0) is 0 Å². The van der Waals surface area contributed by atoms with Crippen molar-refractivity contribution in [3.8, 4) is 11.8 Å². The fraction of sp³-hybridized carbons (Fsp3) is 0.778. The zero-order chi connectivity index (χ0) is 20.0. The molecule has 2 aliphatic rings. The quantitative estimate of drug-likeness (QED) is 0.422. The number of allylic oxidation sites excluding steroid dienone is 2. The monoisotopic (exact) mass is 384 g/mol. The summed E-state index contributed by atoms with van der Waals surface area (Å²) in [7, 11) is 0. The van der Waals surface area contributed by atoms with Crippen LogP contribution >= 0.6 is 0 Å². The van der Waals surface area contributed by atoms with Crippen molar-refractivity contribution in [2.45, 2.75) is 70.0 Å². The van der Waals surface area contributed by atoms with Crippen molar-refractivity contribution in [1.82, 2.24) is 0 Å². The minimum atomic E-state index is -5.93. The molecule has 2 N–H and O–H groups in total. The second kappa shape index (κ2) is 6.75. The van der Waals surface area contributed by atoms with Crippen molar-refractivity contribution < 1.29 is 36.6 Å². The van der Waals surface area contributed by atoms with Crippen molar-refractivity contribution in [2.24, 2.45) is 17.3 Å². The smallest absolute Gasteiger partial charge is 0.393 e. The second-order valence-corrected chi connectivity index (χ2v) is 7.49. The van der Waals surface area contributed by atoms with Gasteiger partial charge in [0, 0.05) is 6.42 Å². The summed E-state index contributed by atoms with van der Waals surface area (Å²) >= 11 is 0. The fourth-order valence-electron chi connectivity index (χ4n) is 4.26. The van der Waals surface area contributed by atoms with Gasteiger partial charge in [0.15, 0.2) is 0 Å². The van der Waals surface area contributed by atoms with E-state index in [2.05, 4.69) is 0 Å². The van der Waals surface area contributed by atoms with Crippen molar-refractivity contribution >= 4 is 0 Å². The van der Waals surface area contributed by atoms with Gasteiger partial charge in [0.2, 0.25) is 0 Å². The molecule has 1 saturated carbocycles. The Balaban J connectivity index is 2.17. The van der Waals surface area contributed by atoms with E-state index in [1.807, 2.05) is 18.9 Å². The summed E-state index contributed by atoms with van der Waals surface area (Å²) in [4.78, 5) is 0. The molecule has 4 atom stereocenters. The molecule has 1 fully saturated rings. The zero-order valence-corrected chi connectivity index (χ0v) is 14.5. The second-order valence-electron chi connectivity index (χ2n) is 7.49. The van der Waals surface area contributed by atoms with Gasteiger partial charge in [-0.2, -0.15) is 26.3 Å². The number of alkyl halides is 6. The van der Waals surface area contributed by atoms with Gasteiger partial charge in [-0.25, -0.2) is 0 Å². The lowest BCUT2D eigenvalue weighted by molar-refractivity contribution is -0.343. The van der Waals surface area contributed by atoms with E-state index < -0.39 is 24.1 Å². The number of fused-ring (bicyclic) bond motifs is 1. The summed E-state index contributed by atoms with van der Waals surface area (Å²) < 4.78 is 75.8. The Hall–Kier alpha value is -1.20. The van der Waals surface area contributed by atoms with E-state index in [0.29, 0.717) is 12.8 Å². The molecule has 0 radical (unpaired) electrons. The summed E-state index contributed by atoms with van der Waals surface area (Å²) in [6.45, 7) is 3.67. The molecule has 0 aliphatic heterocycles. The number of halogens is 6. The Morgan fingerprint density at radius 3 is 2.35 bits per heavy atom. The molecule has 0 aromatic heterocycles. The van der Waals surface area contributed by atoms with E-state index in [4.69, 9.17) is 5.11 Å². The van der Waals surface area contributed by atoms with Gasteiger partial charge >= 0.3 is 18.0 Å². The van der Waals surface area contributed by atoms with Crippen LogP contribution in [0, 0.1) is 29.1 Å². The highest BCUT2D eigenvalue weighted by Gasteiger charge is 2.70. The molecule has 0 aromatic rings. The summed E-state index contributed by atoms with van der Waals surface area (Å²) in [5.41, 5.74) is -4.43. The average molecular weight is 384 g/mol. The molecule has 0 amide bonds. The lowest BCUT2D eigenvalue weighted by Gasteiger charge is -2.43. The number of rotatable bonds is 2. The topological polar surface area (TPSA) is 40.5 Å². The number of hydrogen-bond acceptors (Lipinski definition) is 2. The van der Waals surface area contributed by atoms with Crippen LogP contribution in [0.2, 0.25) is 0 Å². The molecule has 0 spiro atoms. The molecule has 2 rings (SSSR count). The first-order chi connectivity index (χ1) is 11.7. The highest BCUT2D eigenvalue weighted by Crippen LogP contribution is 2.55. The maximum absolute atomic E-state index is 12.6. The van der Waals surface area contributed by atoms with E-state index in [-0.39, 0.29) is 23.7 Å². The molecule has 0 heterocycles. The first kappa shape index (κ1) is 21.1. The van der Waals surface area contributed by atoms with Crippen LogP contribution in [0.4, 0.5) is 26.3 Å². The minimum absolute atomic E-state index is 0.0175. The van der Waals surface area contributed by atoms with Gasteiger partial charge in [-0.3, -0.25) is 0 Å². The Morgan fingerprint density at radius 2 is 1.81 bits per heavy atom. The van der Waals surface area contributed by atoms with Gasteiger partial charge in [-0.05, 0) is 48.9 Å². The number of hydrogen-bond donors (Lipinski definition) is 2. The van der Waals surface area contributed by atoms with E-state index >= 15 is 0 Å². The van der Waals surface area contributed by atoms with E-state index in [9.17, 15) is 31.4 Å². The maximum atomic E-state index is 12.6. The van der Waals surface area contributed by atoms with Gasteiger partial charge in [0.1, 0.15) is 0 Å². The molecule has 2 nitrogen and oxygen atoms in total. The maximum Gasteiger partial charge on any atom is 0.438 e. The third kappa shape index (κ3) is 3.48. The predicted octanol–water partition coefficient (Wildman–Crippen LogP) is 4.37. The molecule has 4 unspecified atom stereocenters. The van der Waals surface area contributed by atoms with Crippen LogP contribution < -0.4 is 0 Å². The molecular weight excluding hydrogens is 362 g/mol. The van der Waals surface area contributed by atoms with Crippen molar-refractivity contribution in [3.05, 3.63) is 11.6 Å².